The van der Waals surface area contributed by atoms with Crippen molar-refractivity contribution < 1.29 is 9.47 Å². The van der Waals surface area contributed by atoms with E-state index in [-0.39, 0.29) is 12.3 Å². The zero-order chi connectivity index (χ0) is 28.5. The summed E-state index contributed by atoms with van der Waals surface area (Å²) in [7, 11) is -0.0159. The first-order valence-corrected chi connectivity index (χ1v) is 16.8. The van der Waals surface area contributed by atoms with Crippen molar-refractivity contribution in [3.05, 3.63) is 29.6 Å². The van der Waals surface area contributed by atoms with Crippen LogP contribution in [0.1, 0.15) is 85.3 Å². The fraction of sp³-hybridized carbons (Fsp3) is 0.613. The van der Waals surface area contributed by atoms with Gasteiger partial charge in [0.05, 0.1) is 16.8 Å². The van der Waals surface area contributed by atoms with Gasteiger partial charge in [-0.3, -0.25) is 0 Å². The van der Waals surface area contributed by atoms with Crippen molar-refractivity contribution >= 4 is 19.0 Å². The van der Waals surface area contributed by atoms with Gasteiger partial charge < -0.3 is 15.2 Å². The molecule has 3 aromatic rings. The van der Waals surface area contributed by atoms with Crippen LogP contribution in [0.3, 0.4) is 0 Å². The molecule has 7 nitrogen and oxygen atoms in total. The highest BCUT2D eigenvalue weighted by Gasteiger charge is 2.41. The number of benzene rings is 1. The minimum Gasteiger partial charge on any atom is -0.473 e. The second kappa shape index (κ2) is 11.9. The molecular formula is C31H47N5O2Si. The Kier molecular flexibility index (Phi) is 8.94. The maximum Gasteiger partial charge on any atom is 0.220 e. The molecule has 0 saturated carbocycles. The topological polar surface area (TPSA) is 80.1 Å². The molecule has 1 saturated heterocycles. The van der Waals surface area contributed by atoms with Gasteiger partial charge in [-0.2, -0.15) is 10.2 Å². The Morgan fingerprint density at radius 2 is 1.77 bits per heavy atom. The van der Waals surface area contributed by atoms with Gasteiger partial charge in [-0.05, 0) is 67.4 Å². The van der Waals surface area contributed by atoms with Gasteiger partial charge in [-0.1, -0.05) is 53.5 Å². The molecule has 0 spiro atoms. The molecule has 39 heavy (non-hydrogen) atoms. The number of hydrogen-bond acceptors (Lipinski definition) is 5. The number of ether oxygens (including phenoxy) is 2. The first-order valence-electron chi connectivity index (χ1n) is 14.6. The number of hydrogen-bond donors (Lipinski definition) is 1. The molecular weight excluding hydrogens is 502 g/mol. The molecule has 0 bridgehead atoms. The summed E-state index contributed by atoms with van der Waals surface area (Å²) in [4.78, 5) is 0. The summed E-state index contributed by atoms with van der Waals surface area (Å²) < 4.78 is 16.3. The van der Waals surface area contributed by atoms with Gasteiger partial charge in [-0.25, -0.2) is 9.36 Å². The SMILES string of the molecule is Cc1nn(C)c(O[C@@H](C)CN)c1-c1ccc2c(c1)c(C#C[Si](C(C)C)(C(C)C)C(C)C)nn2C1CCCCO1. The lowest BCUT2D eigenvalue weighted by Gasteiger charge is -2.38. The van der Waals surface area contributed by atoms with Crippen LogP contribution in [-0.2, 0) is 11.8 Å². The van der Waals surface area contributed by atoms with Crippen LogP contribution in [0, 0.1) is 18.4 Å². The van der Waals surface area contributed by atoms with Gasteiger partial charge in [0.1, 0.15) is 19.9 Å². The van der Waals surface area contributed by atoms with Crippen LogP contribution < -0.4 is 10.5 Å². The lowest BCUT2D eigenvalue weighted by molar-refractivity contribution is -0.0367. The predicted octanol–water partition coefficient (Wildman–Crippen LogP) is 6.74. The Labute approximate surface area is 235 Å². The number of aryl methyl sites for hydroxylation is 2. The number of fused-ring (bicyclic) bond motifs is 1. The molecule has 0 amide bonds. The van der Waals surface area contributed by atoms with Crippen LogP contribution in [-0.4, -0.2) is 46.9 Å². The van der Waals surface area contributed by atoms with Crippen molar-refractivity contribution in [1.82, 2.24) is 19.6 Å². The van der Waals surface area contributed by atoms with E-state index in [4.69, 9.17) is 20.3 Å². The Balaban J connectivity index is 1.92. The van der Waals surface area contributed by atoms with E-state index in [0.29, 0.717) is 23.2 Å². The van der Waals surface area contributed by atoms with Crippen LogP contribution in [0.2, 0.25) is 16.6 Å². The smallest absolute Gasteiger partial charge is 0.220 e. The molecule has 2 atom stereocenters. The fourth-order valence-corrected chi connectivity index (χ4v) is 11.7. The van der Waals surface area contributed by atoms with E-state index in [1.807, 2.05) is 20.9 Å². The molecule has 8 heteroatoms. The molecule has 2 N–H and O–H groups in total. The number of rotatable bonds is 8. The zero-order valence-electron chi connectivity index (χ0n) is 25.3. The lowest BCUT2D eigenvalue weighted by atomic mass is 10.0. The van der Waals surface area contributed by atoms with Crippen molar-refractivity contribution in [2.45, 2.75) is 104 Å². The third-order valence-corrected chi connectivity index (χ3v) is 14.8. The number of nitrogens with zero attached hydrogens (tertiary/aromatic N) is 4. The highest BCUT2D eigenvalue weighted by Crippen LogP contribution is 2.41. The van der Waals surface area contributed by atoms with Crippen LogP contribution in [0.25, 0.3) is 22.0 Å². The minimum absolute atomic E-state index is 0.0608. The third kappa shape index (κ3) is 5.54. The first kappa shape index (κ1) is 29.4. The average Bonchev–Trinajstić information content (AvgIpc) is 3.39. The largest absolute Gasteiger partial charge is 0.473 e. The average molecular weight is 550 g/mol. The highest BCUT2D eigenvalue weighted by atomic mass is 28.3. The summed E-state index contributed by atoms with van der Waals surface area (Å²) in [6, 6.07) is 6.50. The molecule has 0 aliphatic carbocycles. The lowest BCUT2D eigenvalue weighted by Crippen LogP contribution is -2.43. The van der Waals surface area contributed by atoms with Gasteiger partial charge in [0.25, 0.3) is 0 Å². The van der Waals surface area contributed by atoms with Crippen molar-refractivity contribution in [2.75, 3.05) is 13.2 Å². The Hall–Kier alpha value is -2.60. The Bertz CT molecular complexity index is 1330. The molecule has 1 unspecified atom stereocenters. The second-order valence-electron chi connectivity index (χ2n) is 12.0. The fourth-order valence-electron chi connectivity index (χ4n) is 6.47. The van der Waals surface area contributed by atoms with Crippen LogP contribution >= 0.6 is 0 Å². The van der Waals surface area contributed by atoms with Gasteiger partial charge >= 0.3 is 0 Å². The van der Waals surface area contributed by atoms with E-state index in [9.17, 15) is 0 Å². The summed E-state index contributed by atoms with van der Waals surface area (Å²) in [6.45, 7) is 19.3. The van der Waals surface area contributed by atoms with Gasteiger partial charge in [0.2, 0.25) is 5.88 Å². The summed E-state index contributed by atoms with van der Waals surface area (Å²) >= 11 is 0. The molecule has 212 valence electrons. The van der Waals surface area contributed by atoms with Crippen molar-refractivity contribution in [2.24, 2.45) is 12.8 Å². The normalized spacial score (nSPS) is 17.2. The quantitative estimate of drug-likeness (QED) is 0.249. The van der Waals surface area contributed by atoms with Crippen LogP contribution in [0.4, 0.5) is 0 Å². The van der Waals surface area contributed by atoms with E-state index >= 15 is 0 Å². The summed E-state index contributed by atoms with van der Waals surface area (Å²) in [6.07, 6.45) is 3.03. The third-order valence-electron chi connectivity index (χ3n) is 8.50. The highest BCUT2D eigenvalue weighted by molar-refractivity contribution is 6.90. The molecule has 4 rings (SSSR count). The predicted molar refractivity (Wildman–Crippen MR) is 163 cm³/mol. The van der Waals surface area contributed by atoms with E-state index < -0.39 is 8.07 Å². The summed E-state index contributed by atoms with van der Waals surface area (Å²) in [5.41, 5.74) is 16.3. The summed E-state index contributed by atoms with van der Waals surface area (Å²) in [5, 5.41) is 10.8. The monoisotopic (exact) mass is 549 g/mol. The van der Waals surface area contributed by atoms with E-state index in [1.165, 1.54) is 0 Å². The van der Waals surface area contributed by atoms with E-state index in [1.54, 1.807) is 4.68 Å². The number of aromatic nitrogens is 4. The second-order valence-corrected chi connectivity index (χ2v) is 17.6. The minimum atomic E-state index is -1.93. The van der Waals surface area contributed by atoms with E-state index in [2.05, 4.69) is 81.0 Å². The van der Waals surface area contributed by atoms with Crippen molar-refractivity contribution in [3.8, 4) is 28.5 Å². The number of nitrogens with two attached hydrogens (primary N) is 1. The molecule has 1 aliphatic heterocycles. The molecule has 1 aromatic carbocycles. The summed E-state index contributed by atoms with van der Waals surface area (Å²) in [5.74, 6) is 4.37. The van der Waals surface area contributed by atoms with Gasteiger partial charge in [0.15, 0.2) is 6.23 Å². The van der Waals surface area contributed by atoms with Crippen LogP contribution in [0.15, 0.2) is 18.2 Å². The Morgan fingerprint density at radius 1 is 1.08 bits per heavy atom. The maximum atomic E-state index is 6.23. The molecule has 1 aliphatic rings. The van der Waals surface area contributed by atoms with Gasteiger partial charge in [0, 0.05) is 25.6 Å². The molecule has 1 fully saturated rings. The van der Waals surface area contributed by atoms with Crippen molar-refractivity contribution in [3.63, 3.8) is 0 Å². The van der Waals surface area contributed by atoms with E-state index in [0.717, 1.165) is 65.2 Å². The maximum absolute atomic E-state index is 6.23. The molecule has 0 radical (unpaired) electrons. The van der Waals surface area contributed by atoms with Crippen molar-refractivity contribution in [1.29, 1.82) is 0 Å². The molecule has 3 heterocycles. The zero-order valence-corrected chi connectivity index (χ0v) is 26.3. The van der Waals surface area contributed by atoms with Crippen LogP contribution in [0.5, 0.6) is 5.88 Å². The Morgan fingerprint density at radius 3 is 2.36 bits per heavy atom. The molecule has 2 aromatic heterocycles. The first-order chi connectivity index (χ1) is 18.5. The van der Waals surface area contributed by atoms with Gasteiger partial charge in [-0.15, -0.1) is 5.54 Å². The standard InChI is InChI=1S/C31H47N5O2Si/c1-20(2)39(21(3)4,22(5)6)17-15-27-26-18-25(30-24(8)33-35(9)31(30)38-23(7)19-32)13-14-28(26)36(34-27)29-12-10-11-16-37-29/h13-14,18,20-23,29H,10-12,16,19,32H2,1-9H3/t23-,29?/m0/s1.